The van der Waals surface area contributed by atoms with E-state index in [9.17, 15) is 14.4 Å². The molecule has 0 bridgehead atoms. The first-order chi connectivity index (χ1) is 32.2. The topological polar surface area (TPSA) is 78.9 Å². The lowest BCUT2D eigenvalue weighted by Gasteiger charge is -2.18. The maximum atomic E-state index is 12.9. The van der Waals surface area contributed by atoms with Gasteiger partial charge in [-0.3, -0.25) is 14.4 Å². The van der Waals surface area contributed by atoms with Crippen molar-refractivity contribution in [3.05, 3.63) is 0 Å². The lowest BCUT2D eigenvalue weighted by atomic mass is 9.99. The number of carbonyl (C=O) groups is 3. The smallest absolute Gasteiger partial charge is 0.306 e. The monoisotopic (exact) mass is 933 g/mol. The molecule has 6 heteroatoms. The van der Waals surface area contributed by atoms with E-state index in [1.54, 1.807) is 0 Å². The predicted molar refractivity (Wildman–Crippen MR) is 284 cm³/mol. The minimum Gasteiger partial charge on any atom is -0.462 e. The van der Waals surface area contributed by atoms with Crippen molar-refractivity contribution in [3.8, 4) is 0 Å². The molecule has 0 heterocycles. The molecule has 3 atom stereocenters. The van der Waals surface area contributed by atoms with Gasteiger partial charge in [-0.1, -0.05) is 292 Å². The van der Waals surface area contributed by atoms with Crippen LogP contribution in [-0.4, -0.2) is 37.2 Å². The first kappa shape index (κ1) is 64.4. The molecule has 2 unspecified atom stereocenters. The van der Waals surface area contributed by atoms with Crippen LogP contribution in [0.5, 0.6) is 0 Å². The van der Waals surface area contributed by atoms with Crippen LogP contribution in [0.1, 0.15) is 330 Å². The summed E-state index contributed by atoms with van der Waals surface area (Å²) in [7, 11) is 0. The molecule has 0 aliphatic carbocycles. The fourth-order valence-electron chi connectivity index (χ4n) is 9.11. The van der Waals surface area contributed by atoms with E-state index >= 15 is 0 Å². The van der Waals surface area contributed by atoms with Crippen LogP contribution in [0.2, 0.25) is 0 Å². The Morgan fingerprint density at radius 1 is 0.303 bits per heavy atom. The van der Waals surface area contributed by atoms with Gasteiger partial charge < -0.3 is 14.2 Å². The molecule has 0 spiro atoms. The molecule has 0 aliphatic heterocycles. The van der Waals surface area contributed by atoms with Crippen molar-refractivity contribution >= 4 is 17.9 Å². The van der Waals surface area contributed by atoms with Crippen molar-refractivity contribution in [2.45, 2.75) is 337 Å². The highest BCUT2D eigenvalue weighted by atomic mass is 16.6. The Morgan fingerprint density at radius 2 is 0.530 bits per heavy atom. The molecule has 0 saturated heterocycles. The summed E-state index contributed by atoms with van der Waals surface area (Å²) in [6.45, 7) is 13.8. The number of hydrogen-bond donors (Lipinski definition) is 0. The van der Waals surface area contributed by atoms with Gasteiger partial charge in [-0.2, -0.15) is 0 Å². The van der Waals surface area contributed by atoms with Crippen molar-refractivity contribution in [3.63, 3.8) is 0 Å². The average molecular weight is 934 g/mol. The molecule has 66 heavy (non-hydrogen) atoms. The summed E-state index contributed by atoms with van der Waals surface area (Å²) in [6.07, 6.45) is 53.6. The summed E-state index contributed by atoms with van der Waals surface area (Å²) in [4.78, 5) is 38.2. The van der Waals surface area contributed by atoms with Gasteiger partial charge in [0.1, 0.15) is 13.2 Å². The summed E-state index contributed by atoms with van der Waals surface area (Å²) >= 11 is 0. The Hall–Kier alpha value is -1.59. The summed E-state index contributed by atoms with van der Waals surface area (Å²) in [5.74, 6) is 1.76. The van der Waals surface area contributed by atoms with Crippen LogP contribution in [-0.2, 0) is 28.6 Å². The van der Waals surface area contributed by atoms with Crippen molar-refractivity contribution in [1.29, 1.82) is 0 Å². The minimum absolute atomic E-state index is 0.0634. The van der Waals surface area contributed by atoms with Gasteiger partial charge >= 0.3 is 17.9 Å². The second-order valence-corrected chi connectivity index (χ2v) is 21.6. The zero-order valence-electron chi connectivity index (χ0n) is 45.5. The fraction of sp³-hybridized carbons (Fsp3) is 0.950. The number of esters is 3. The molecule has 392 valence electrons. The van der Waals surface area contributed by atoms with Crippen LogP contribution in [0.25, 0.3) is 0 Å². The molecule has 0 aromatic heterocycles. The summed E-state index contributed by atoms with van der Waals surface area (Å²) in [5.41, 5.74) is 0. The zero-order chi connectivity index (χ0) is 48.4. The van der Waals surface area contributed by atoms with Crippen LogP contribution in [0.3, 0.4) is 0 Å². The second kappa shape index (κ2) is 51.3. The molecule has 0 aliphatic rings. The molecular weight excluding hydrogens is 817 g/mol. The van der Waals surface area contributed by atoms with E-state index in [4.69, 9.17) is 14.2 Å². The highest BCUT2D eigenvalue weighted by Crippen LogP contribution is 2.19. The third kappa shape index (κ3) is 50.3. The number of ether oxygens (including phenoxy) is 3. The molecule has 0 aromatic carbocycles. The molecule has 0 saturated carbocycles. The van der Waals surface area contributed by atoms with E-state index in [2.05, 4.69) is 41.5 Å². The highest BCUT2D eigenvalue weighted by Gasteiger charge is 2.19. The standard InChI is InChI=1S/C60H116O6/c1-7-55(5)47-41-35-29-23-17-13-9-10-14-19-27-33-39-45-51-60(63)66-57(53-65-59(62)50-44-38-32-26-21-20-24-30-36-42-48-56(6)8-2)52-64-58(61)49-43-37-31-25-18-15-11-12-16-22-28-34-40-46-54(3)4/h54-57H,7-53H2,1-6H3/t55?,56?,57-/m0/s1. The van der Waals surface area contributed by atoms with Crippen molar-refractivity contribution in [1.82, 2.24) is 0 Å². The molecule has 0 amide bonds. The number of hydrogen-bond acceptors (Lipinski definition) is 6. The first-order valence-corrected chi connectivity index (χ1v) is 29.7. The van der Waals surface area contributed by atoms with Crippen molar-refractivity contribution < 1.29 is 28.6 Å². The highest BCUT2D eigenvalue weighted by molar-refractivity contribution is 5.71. The van der Waals surface area contributed by atoms with Gasteiger partial charge in [0, 0.05) is 19.3 Å². The summed E-state index contributed by atoms with van der Waals surface area (Å²) in [6, 6.07) is 0. The van der Waals surface area contributed by atoms with Crippen LogP contribution in [0.4, 0.5) is 0 Å². The maximum Gasteiger partial charge on any atom is 0.306 e. The van der Waals surface area contributed by atoms with Gasteiger partial charge in [0.05, 0.1) is 0 Å². The Labute approximate surface area is 412 Å². The third-order valence-corrected chi connectivity index (χ3v) is 14.4. The van der Waals surface area contributed by atoms with Crippen LogP contribution in [0.15, 0.2) is 0 Å². The van der Waals surface area contributed by atoms with E-state index in [-0.39, 0.29) is 31.1 Å². The van der Waals surface area contributed by atoms with E-state index in [1.165, 1.54) is 212 Å². The van der Waals surface area contributed by atoms with Gasteiger partial charge in [0.15, 0.2) is 6.10 Å². The van der Waals surface area contributed by atoms with Gasteiger partial charge in [-0.15, -0.1) is 0 Å². The van der Waals surface area contributed by atoms with Gasteiger partial charge in [0.25, 0.3) is 0 Å². The second-order valence-electron chi connectivity index (χ2n) is 21.6. The maximum absolute atomic E-state index is 12.9. The fourth-order valence-corrected chi connectivity index (χ4v) is 9.11. The molecule has 6 nitrogen and oxygen atoms in total. The number of rotatable bonds is 53. The van der Waals surface area contributed by atoms with E-state index < -0.39 is 6.10 Å². The molecule has 0 aromatic rings. The van der Waals surface area contributed by atoms with E-state index in [0.29, 0.717) is 19.3 Å². The summed E-state index contributed by atoms with van der Waals surface area (Å²) in [5, 5.41) is 0. The minimum atomic E-state index is -0.764. The lowest BCUT2D eigenvalue weighted by Crippen LogP contribution is -2.30. The number of carbonyl (C=O) groups excluding carboxylic acids is 3. The van der Waals surface area contributed by atoms with Gasteiger partial charge in [0.2, 0.25) is 0 Å². The Bertz CT molecular complexity index is 1030. The molecule has 0 fully saturated rings. The third-order valence-electron chi connectivity index (χ3n) is 14.4. The van der Waals surface area contributed by atoms with E-state index in [1.807, 2.05) is 0 Å². The average Bonchev–Trinajstić information content (AvgIpc) is 3.30. The van der Waals surface area contributed by atoms with Crippen molar-refractivity contribution in [2.24, 2.45) is 17.8 Å². The SMILES string of the molecule is CCC(C)CCCCCCCCCCCCCCCCC(=O)O[C@@H](COC(=O)CCCCCCCCCCCCCCCC(C)C)COC(=O)CCCCCCCCCCCCC(C)CC. The Balaban J connectivity index is 4.31. The summed E-state index contributed by atoms with van der Waals surface area (Å²) < 4.78 is 16.9. The predicted octanol–water partition coefficient (Wildman–Crippen LogP) is 19.5. The Kier molecular flexibility index (Phi) is 50.0. The quantitative estimate of drug-likeness (QED) is 0.0343. The van der Waals surface area contributed by atoms with Crippen molar-refractivity contribution in [2.75, 3.05) is 13.2 Å². The first-order valence-electron chi connectivity index (χ1n) is 29.7. The lowest BCUT2D eigenvalue weighted by molar-refractivity contribution is -0.167. The largest absolute Gasteiger partial charge is 0.462 e. The zero-order valence-corrected chi connectivity index (χ0v) is 45.5. The van der Waals surface area contributed by atoms with Crippen LogP contribution < -0.4 is 0 Å². The van der Waals surface area contributed by atoms with Crippen LogP contribution in [0, 0.1) is 17.8 Å². The van der Waals surface area contributed by atoms with Gasteiger partial charge in [-0.05, 0) is 37.0 Å². The van der Waals surface area contributed by atoms with Crippen LogP contribution >= 0.6 is 0 Å². The normalized spacial score (nSPS) is 13.0. The molecule has 0 rings (SSSR count). The van der Waals surface area contributed by atoms with E-state index in [0.717, 1.165) is 75.5 Å². The Morgan fingerprint density at radius 3 is 0.788 bits per heavy atom. The van der Waals surface area contributed by atoms with Gasteiger partial charge in [-0.25, -0.2) is 0 Å². The molecule has 0 N–H and O–H groups in total. The number of unbranched alkanes of at least 4 members (excludes halogenated alkanes) is 34. The molecule has 0 radical (unpaired) electrons. The molecular formula is C60H116O6.